The van der Waals surface area contributed by atoms with Crippen molar-refractivity contribution in [2.75, 3.05) is 18.0 Å². The molecule has 2 aromatic rings. The van der Waals surface area contributed by atoms with Crippen LogP contribution in [0.15, 0.2) is 42.7 Å². The van der Waals surface area contributed by atoms with Gasteiger partial charge in [0.15, 0.2) is 0 Å². The molecule has 2 N–H and O–H groups in total. The highest BCUT2D eigenvalue weighted by Gasteiger charge is 2.33. The van der Waals surface area contributed by atoms with Crippen LogP contribution >= 0.6 is 0 Å². The Kier molecular flexibility index (Phi) is 4.84. The Labute approximate surface area is 153 Å². The van der Waals surface area contributed by atoms with Crippen molar-refractivity contribution >= 4 is 11.7 Å². The fourth-order valence-corrected chi connectivity index (χ4v) is 3.74. The molecular formula is C20H24N4O2. The van der Waals surface area contributed by atoms with Gasteiger partial charge in [-0.25, -0.2) is 9.97 Å². The van der Waals surface area contributed by atoms with Crippen molar-refractivity contribution in [3.05, 3.63) is 54.0 Å². The molecule has 1 unspecified atom stereocenters. The SMILES string of the molecule is O=C(Cc1ccccc1)NC1CC(c2cc(N3CCC(O)C3)ncn2)C1. The van der Waals surface area contributed by atoms with Crippen LogP contribution in [0, 0.1) is 0 Å². The van der Waals surface area contributed by atoms with Crippen LogP contribution in [0.2, 0.25) is 0 Å². The summed E-state index contributed by atoms with van der Waals surface area (Å²) in [5, 5.41) is 12.8. The Balaban J connectivity index is 1.29. The Morgan fingerprint density at radius 3 is 2.77 bits per heavy atom. The van der Waals surface area contributed by atoms with E-state index in [1.807, 2.05) is 36.4 Å². The van der Waals surface area contributed by atoms with Crippen LogP contribution in [0.25, 0.3) is 0 Å². The average Bonchev–Trinajstić information content (AvgIpc) is 3.05. The van der Waals surface area contributed by atoms with Crippen molar-refractivity contribution in [3.63, 3.8) is 0 Å². The quantitative estimate of drug-likeness (QED) is 0.856. The Morgan fingerprint density at radius 1 is 1.23 bits per heavy atom. The summed E-state index contributed by atoms with van der Waals surface area (Å²) in [6, 6.07) is 12.1. The second kappa shape index (κ2) is 7.41. The van der Waals surface area contributed by atoms with Crippen molar-refractivity contribution in [2.24, 2.45) is 0 Å². The fraction of sp³-hybridized carbons (Fsp3) is 0.450. The van der Waals surface area contributed by atoms with E-state index in [0.717, 1.165) is 42.9 Å². The zero-order valence-corrected chi connectivity index (χ0v) is 14.7. The first-order chi connectivity index (χ1) is 12.7. The van der Waals surface area contributed by atoms with Gasteiger partial charge in [-0.3, -0.25) is 4.79 Å². The van der Waals surface area contributed by atoms with Crippen molar-refractivity contribution in [2.45, 2.75) is 43.7 Å². The zero-order chi connectivity index (χ0) is 17.9. The van der Waals surface area contributed by atoms with Crippen molar-refractivity contribution in [1.29, 1.82) is 0 Å². The molecule has 6 heteroatoms. The normalized spacial score (nSPS) is 25.0. The number of aromatic nitrogens is 2. The number of hydrogen-bond acceptors (Lipinski definition) is 5. The number of carbonyl (C=O) groups is 1. The highest BCUT2D eigenvalue weighted by molar-refractivity contribution is 5.79. The Morgan fingerprint density at radius 2 is 2.04 bits per heavy atom. The van der Waals surface area contributed by atoms with E-state index in [1.54, 1.807) is 6.33 Å². The largest absolute Gasteiger partial charge is 0.391 e. The summed E-state index contributed by atoms with van der Waals surface area (Å²) in [4.78, 5) is 23.0. The molecule has 1 saturated heterocycles. The predicted molar refractivity (Wildman–Crippen MR) is 98.9 cm³/mol. The molecular weight excluding hydrogens is 328 g/mol. The number of β-amino-alcohol motifs (C(OH)–C–C–N with tert-alkyl or cyclic N) is 1. The lowest BCUT2D eigenvalue weighted by Crippen LogP contribution is -2.44. The molecule has 26 heavy (non-hydrogen) atoms. The van der Waals surface area contributed by atoms with Crippen LogP contribution in [0.1, 0.15) is 36.4 Å². The van der Waals surface area contributed by atoms with Crippen LogP contribution < -0.4 is 10.2 Å². The van der Waals surface area contributed by atoms with E-state index in [9.17, 15) is 9.90 Å². The molecule has 1 aromatic heterocycles. The van der Waals surface area contributed by atoms with Crippen molar-refractivity contribution in [1.82, 2.24) is 15.3 Å². The molecule has 0 bridgehead atoms. The number of carbonyl (C=O) groups excluding carboxylic acids is 1. The number of aliphatic hydroxyl groups excluding tert-OH is 1. The average molecular weight is 352 g/mol. The molecule has 1 aliphatic heterocycles. The summed E-state index contributed by atoms with van der Waals surface area (Å²) < 4.78 is 0. The number of hydrogen-bond donors (Lipinski definition) is 2. The van der Waals surface area contributed by atoms with Gasteiger partial charge in [0.2, 0.25) is 5.91 Å². The predicted octanol–water partition coefficient (Wildman–Crippen LogP) is 1.65. The molecule has 1 aliphatic carbocycles. The van der Waals surface area contributed by atoms with Gasteiger partial charge >= 0.3 is 0 Å². The number of amides is 1. The lowest BCUT2D eigenvalue weighted by Gasteiger charge is -2.35. The summed E-state index contributed by atoms with van der Waals surface area (Å²) in [5.74, 6) is 1.34. The van der Waals surface area contributed by atoms with Gasteiger partial charge in [0, 0.05) is 36.8 Å². The molecule has 1 amide bonds. The monoisotopic (exact) mass is 352 g/mol. The summed E-state index contributed by atoms with van der Waals surface area (Å²) in [5.41, 5.74) is 2.07. The summed E-state index contributed by atoms with van der Waals surface area (Å²) in [6.07, 6.45) is 4.40. The highest BCUT2D eigenvalue weighted by Crippen LogP contribution is 2.36. The van der Waals surface area contributed by atoms with Crippen molar-refractivity contribution in [3.8, 4) is 0 Å². The lowest BCUT2D eigenvalue weighted by molar-refractivity contribution is -0.121. The number of rotatable bonds is 5. The van der Waals surface area contributed by atoms with E-state index >= 15 is 0 Å². The van der Waals surface area contributed by atoms with E-state index < -0.39 is 0 Å². The van der Waals surface area contributed by atoms with Gasteiger partial charge in [-0.1, -0.05) is 30.3 Å². The topological polar surface area (TPSA) is 78.4 Å². The van der Waals surface area contributed by atoms with Gasteiger partial charge in [0.05, 0.1) is 12.5 Å². The first-order valence-corrected chi connectivity index (χ1v) is 9.25. The fourth-order valence-electron chi connectivity index (χ4n) is 3.74. The summed E-state index contributed by atoms with van der Waals surface area (Å²) in [7, 11) is 0. The molecule has 0 spiro atoms. The van der Waals surface area contributed by atoms with E-state index in [1.165, 1.54) is 0 Å². The molecule has 136 valence electrons. The van der Waals surface area contributed by atoms with Gasteiger partial charge in [0.25, 0.3) is 0 Å². The van der Waals surface area contributed by atoms with Gasteiger partial charge in [-0.2, -0.15) is 0 Å². The van der Waals surface area contributed by atoms with Crippen LogP contribution in [0.4, 0.5) is 5.82 Å². The van der Waals surface area contributed by atoms with Crippen molar-refractivity contribution < 1.29 is 9.90 Å². The highest BCUT2D eigenvalue weighted by atomic mass is 16.3. The minimum Gasteiger partial charge on any atom is -0.391 e. The molecule has 6 nitrogen and oxygen atoms in total. The third kappa shape index (κ3) is 3.85. The van der Waals surface area contributed by atoms with Crippen LogP contribution in [0.3, 0.4) is 0 Å². The molecule has 2 heterocycles. The first-order valence-electron chi connectivity index (χ1n) is 9.25. The van der Waals surface area contributed by atoms with Crippen LogP contribution in [0.5, 0.6) is 0 Å². The second-order valence-corrected chi connectivity index (χ2v) is 7.28. The standard InChI is InChI=1S/C20H24N4O2/c25-17-6-7-24(12-17)19-11-18(21-13-22-19)15-9-16(10-15)23-20(26)8-14-4-2-1-3-5-14/h1-5,11,13,15-17,25H,6-10,12H2,(H,23,26). The third-order valence-corrected chi connectivity index (χ3v) is 5.29. The van der Waals surface area contributed by atoms with E-state index in [4.69, 9.17) is 0 Å². The molecule has 2 aliphatic rings. The number of nitrogens with one attached hydrogen (secondary N) is 1. The van der Waals surface area contributed by atoms with Gasteiger partial charge in [-0.05, 0) is 24.8 Å². The maximum absolute atomic E-state index is 12.2. The third-order valence-electron chi connectivity index (χ3n) is 5.29. The number of nitrogens with zero attached hydrogens (tertiary/aromatic N) is 3. The Hall–Kier alpha value is -2.47. The van der Waals surface area contributed by atoms with Gasteiger partial charge in [0.1, 0.15) is 12.1 Å². The maximum atomic E-state index is 12.2. The minimum absolute atomic E-state index is 0.0779. The number of benzene rings is 1. The molecule has 0 radical (unpaired) electrons. The number of anilines is 1. The Bertz CT molecular complexity index is 761. The minimum atomic E-state index is -0.263. The molecule has 4 rings (SSSR count). The summed E-state index contributed by atoms with van der Waals surface area (Å²) in [6.45, 7) is 1.47. The lowest BCUT2D eigenvalue weighted by atomic mass is 9.78. The number of aliphatic hydroxyl groups is 1. The second-order valence-electron chi connectivity index (χ2n) is 7.28. The molecule has 1 saturated carbocycles. The van der Waals surface area contributed by atoms with Gasteiger partial charge in [-0.15, -0.1) is 0 Å². The van der Waals surface area contributed by atoms with Crippen LogP contribution in [-0.4, -0.2) is 46.2 Å². The van der Waals surface area contributed by atoms with Gasteiger partial charge < -0.3 is 15.3 Å². The smallest absolute Gasteiger partial charge is 0.224 e. The maximum Gasteiger partial charge on any atom is 0.224 e. The first kappa shape index (κ1) is 17.0. The molecule has 1 aromatic carbocycles. The summed E-state index contributed by atoms with van der Waals surface area (Å²) >= 11 is 0. The van der Waals surface area contributed by atoms with E-state index in [2.05, 4.69) is 20.2 Å². The van der Waals surface area contributed by atoms with E-state index in [-0.39, 0.29) is 18.1 Å². The van der Waals surface area contributed by atoms with Crippen LogP contribution in [-0.2, 0) is 11.2 Å². The van der Waals surface area contributed by atoms with E-state index in [0.29, 0.717) is 18.9 Å². The molecule has 2 fully saturated rings. The molecule has 1 atom stereocenters. The zero-order valence-electron chi connectivity index (χ0n) is 14.7.